The number of aromatic nitrogens is 3. The minimum absolute atomic E-state index is 0.258. The zero-order chi connectivity index (χ0) is 20.9. The molecule has 1 amide bonds. The van der Waals surface area contributed by atoms with Gasteiger partial charge in [0, 0.05) is 16.2 Å². The number of halogens is 3. The number of alkyl halides is 3. The summed E-state index contributed by atoms with van der Waals surface area (Å²) in [5.41, 5.74) is 9.72. The van der Waals surface area contributed by atoms with Gasteiger partial charge in [0.2, 0.25) is 5.91 Å². The largest absolute Gasteiger partial charge is 0.573 e. The number of hydrogen-bond donors (Lipinski definition) is 1. The van der Waals surface area contributed by atoms with Gasteiger partial charge in [0.25, 0.3) is 0 Å². The van der Waals surface area contributed by atoms with Gasteiger partial charge in [-0.3, -0.25) is 4.79 Å². The number of amides is 1. The molecule has 0 radical (unpaired) electrons. The Morgan fingerprint density at radius 2 is 1.86 bits per heavy atom. The summed E-state index contributed by atoms with van der Waals surface area (Å²) in [6, 6.07) is 11.5. The fraction of sp³-hybridized carbons (Fsp3) is 0.118. The van der Waals surface area contributed by atoms with Crippen LogP contribution in [0.4, 0.5) is 18.9 Å². The highest BCUT2D eigenvalue weighted by Gasteiger charge is 2.30. The van der Waals surface area contributed by atoms with E-state index in [-0.39, 0.29) is 17.9 Å². The first-order valence-electron chi connectivity index (χ1n) is 8.04. The molecule has 0 saturated carbocycles. The van der Waals surface area contributed by atoms with Gasteiger partial charge in [-0.2, -0.15) is 0 Å². The molecule has 0 aliphatic rings. The molecular formula is C17H12F3N7O2. The van der Waals surface area contributed by atoms with Crippen molar-refractivity contribution in [3.05, 3.63) is 76.7 Å². The Hall–Kier alpha value is -4.05. The molecule has 0 unspecified atom stereocenters. The average molecular weight is 403 g/mol. The SMILES string of the molecule is [N-]=[N+]=NC(=O)c1ccc(NCc2ncn(-c3ccc(OC(F)(F)F)cc3)n2)cc1. The van der Waals surface area contributed by atoms with Gasteiger partial charge in [-0.25, -0.2) is 9.67 Å². The van der Waals surface area contributed by atoms with E-state index in [9.17, 15) is 18.0 Å². The Balaban J connectivity index is 1.60. The van der Waals surface area contributed by atoms with Crippen molar-refractivity contribution >= 4 is 11.6 Å². The van der Waals surface area contributed by atoms with Gasteiger partial charge in [-0.15, -0.1) is 18.3 Å². The van der Waals surface area contributed by atoms with E-state index in [4.69, 9.17) is 5.53 Å². The maximum atomic E-state index is 12.2. The van der Waals surface area contributed by atoms with Gasteiger partial charge >= 0.3 is 6.36 Å². The summed E-state index contributed by atoms with van der Waals surface area (Å²) in [7, 11) is 0. The predicted octanol–water partition coefficient (Wildman–Crippen LogP) is 4.23. The van der Waals surface area contributed by atoms with Crippen LogP contribution in [0.2, 0.25) is 0 Å². The normalized spacial score (nSPS) is 10.9. The molecule has 0 spiro atoms. The van der Waals surface area contributed by atoms with Gasteiger partial charge in [0.1, 0.15) is 12.1 Å². The lowest BCUT2D eigenvalue weighted by Crippen LogP contribution is -2.17. The maximum absolute atomic E-state index is 12.2. The van der Waals surface area contributed by atoms with Crippen LogP contribution in [0.3, 0.4) is 0 Å². The van der Waals surface area contributed by atoms with Gasteiger partial charge in [0.15, 0.2) is 5.82 Å². The van der Waals surface area contributed by atoms with Gasteiger partial charge in [-0.1, -0.05) is 0 Å². The number of azide groups is 1. The molecule has 1 aromatic heterocycles. The highest BCUT2D eigenvalue weighted by atomic mass is 19.4. The monoisotopic (exact) mass is 403 g/mol. The van der Waals surface area contributed by atoms with Crippen LogP contribution in [0.25, 0.3) is 16.1 Å². The van der Waals surface area contributed by atoms with Crippen molar-refractivity contribution in [3.63, 3.8) is 0 Å². The van der Waals surface area contributed by atoms with Crippen molar-refractivity contribution < 1.29 is 22.7 Å². The highest BCUT2D eigenvalue weighted by molar-refractivity contribution is 5.95. The summed E-state index contributed by atoms with van der Waals surface area (Å²) in [4.78, 5) is 18.0. The first-order chi connectivity index (χ1) is 13.8. The van der Waals surface area contributed by atoms with Crippen molar-refractivity contribution in [1.29, 1.82) is 0 Å². The fourth-order valence-electron chi connectivity index (χ4n) is 2.31. The number of benzene rings is 2. The molecule has 0 aliphatic heterocycles. The molecule has 3 rings (SSSR count). The standard InChI is InChI=1S/C17H12F3N7O2/c18-17(19,20)29-14-7-5-13(6-8-14)27-10-23-15(25-27)9-22-12-3-1-11(2-4-12)16(28)24-26-21/h1-8,10,22H,9H2. The molecule has 1 N–H and O–H groups in total. The third-order valence-corrected chi connectivity index (χ3v) is 3.59. The summed E-state index contributed by atoms with van der Waals surface area (Å²) in [5, 5.41) is 10.3. The van der Waals surface area contributed by atoms with Crippen molar-refractivity contribution in [2.24, 2.45) is 5.11 Å². The quantitative estimate of drug-likeness (QED) is 0.375. The topological polar surface area (TPSA) is 118 Å². The predicted molar refractivity (Wildman–Crippen MR) is 95.3 cm³/mol. The average Bonchev–Trinajstić information content (AvgIpc) is 3.15. The van der Waals surface area contributed by atoms with E-state index in [0.717, 1.165) is 0 Å². The van der Waals surface area contributed by atoms with Crippen LogP contribution >= 0.6 is 0 Å². The summed E-state index contributed by atoms with van der Waals surface area (Å²) in [6.07, 6.45) is -3.32. The van der Waals surface area contributed by atoms with E-state index in [1.54, 1.807) is 12.1 Å². The lowest BCUT2D eigenvalue weighted by molar-refractivity contribution is -0.274. The van der Waals surface area contributed by atoms with Gasteiger partial charge < -0.3 is 10.1 Å². The second-order valence-corrected chi connectivity index (χ2v) is 5.57. The summed E-state index contributed by atoms with van der Waals surface area (Å²) in [6.45, 7) is 0.270. The van der Waals surface area contributed by atoms with Gasteiger partial charge in [-0.05, 0) is 59.2 Å². The minimum Gasteiger partial charge on any atom is -0.406 e. The molecule has 3 aromatic rings. The summed E-state index contributed by atoms with van der Waals surface area (Å²) < 4.78 is 41.8. The zero-order valence-electron chi connectivity index (χ0n) is 14.5. The molecule has 12 heteroatoms. The van der Waals surface area contributed by atoms with Crippen molar-refractivity contribution in [1.82, 2.24) is 14.8 Å². The molecule has 0 aliphatic carbocycles. The number of hydrogen-bond acceptors (Lipinski definition) is 5. The second kappa shape index (κ2) is 8.31. The fourth-order valence-corrected chi connectivity index (χ4v) is 2.31. The number of anilines is 1. The van der Waals surface area contributed by atoms with E-state index < -0.39 is 12.3 Å². The van der Waals surface area contributed by atoms with Crippen molar-refractivity contribution in [3.8, 4) is 11.4 Å². The molecule has 29 heavy (non-hydrogen) atoms. The Morgan fingerprint density at radius 3 is 2.48 bits per heavy atom. The molecule has 1 heterocycles. The Morgan fingerprint density at radius 1 is 1.17 bits per heavy atom. The third kappa shape index (κ3) is 5.47. The number of rotatable bonds is 6. The van der Waals surface area contributed by atoms with Crippen LogP contribution in [-0.2, 0) is 6.54 Å². The lowest BCUT2D eigenvalue weighted by Gasteiger charge is -2.09. The van der Waals surface area contributed by atoms with Crippen LogP contribution in [-0.4, -0.2) is 27.0 Å². The van der Waals surface area contributed by atoms with Crippen LogP contribution in [0.5, 0.6) is 5.75 Å². The molecular weight excluding hydrogens is 391 g/mol. The second-order valence-electron chi connectivity index (χ2n) is 5.57. The van der Waals surface area contributed by atoms with Crippen LogP contribution < -0.4 is 10.1 Å². The number of ether oxygens (including phenoxy) is 1. The van der Waals surface area contributed by atoms with E-state index in [1.165, 1.54) is 47.4 Å². The summed E-state index contributed by atoms with van der Waals surface area (Å²) in [5.74, 6) is -0.563. The van der Waals surface area contributed by atoms with E-state index >= 15 is 0 Å². The van der Waals surface area contributed by atoms with Gasteiger partial charge in [0.05, 0.1) is 12.2 Å². The first kappa shape index (κ1) is 19.7. The molecule has 0 saturated heterocycles. The Bertz CT molecular complexity index is 1040. The number of carbonyl (C=O) groups is 1. The van der Waals surface area contributed by atoms with E-state index in [0.29, 0.717) is 17.2 Å². The number of nitrogens with zero attached hydrogens (tertiary/aromatic N) is 6. The number of nitrogens with one attached hydrogen (secondary N) is 1. The van der Waals surface area contributed by atoms with E-state index in [1.807, 2.05) is 0 Å². The van der Waals surface area contributed by atoms with Crippen LogP contribution in [0.1, 0.15) is 16.2 Å². The van der Waals surface area contributed by atoms with Crippen LogP contribution in [0.15, 0.2) is 60.0 Å². The van der Waals surface area contributed by atoms with E-state index in [2.05, 4.69) is 30.2 Å². The molecule has 148 valence electrons. The molecule has 0 fully saturated rings. The third-order valence-electron chi connectivity index (χ3n) is 3.59. The molecule has 0 bridgehead atoms. The highest BCUT2D eigenvalue weighted by Crippen LogP contribution is 2.23. The summed E-state index contributed by atoms with van der Waals surface area (Å²) >= 11 is 0. The lowest BCUT2D eigenvalue weighted by atomic mass is 10.2. The van der Waals surface area contributed by atoms with Crippen molar-refractivity contribution in [2.45, 2.75) is 12.9 Å². The maximum Gasteiger partial charge on any atom is 0.573 e. The van der Waals surface area contributed by atoms with Crippen molar-refractivity contribution in [2.75, 3.05) is 5.32 Å². The Kier molecular flexibility index (Phi) is 5.65. The smallest absolute Gasteiger partial charge is 0.406 e. The zero-order valence-corrected chi connectivity index (χ0v) is 14.5. The van der Waals surface area contributed by atoms with Crippen LogP contribution in [0, 0.1) is 0 Å². The first-order valence-corrected chi connectivity index (χ1v) is 8.04. The molecule has 0 atom stereocenters. The molecule has 9 nitrogen and oxygen atoms in total. The number of carbonyl (C=O) groups excluding carboxylic acids is 1. The minimum atomic E-state index is -4.75. The Labute approximate surface area is 161 Å². The molecule has 2 aromatic carbocycles.